The van der Waals surface area contributed by atoms with Crippen LogP contribution in [-0.2, 0) is 4.79 Å². The van der Waals surface area contributed by atoms with Crippen LogP contribution in [-0.4, -0.2) is 30.0 Å². The minimum Gasteiger partial charge on any atom is -0.508 e. The van der Waals surface area contributed by atoms with Gasteiger partial charge in [-0.05, 0) is 30.0 Å². The molecular formula is C14H21NO2. The van der Waals surface area contributed by atoms with Crippen molar-refractivity contribution in [2.75, 3.05) is 14.1 Å². The Morgan fingerprint density at radius 3 is 2.53 bits per heavy atom. The number of phenolic OH excluding ortho intramolecular Hbond substituents is 1. The minimum atomic E-state index is -0.0724. The minimum absolute atomic E-state index is 0.0724. The zero-order valence-corrected chi connectivity index (χ0v) is 11.0. The Bertz CT molecular complexity index is 388. The Hall–Kier alpha value is -1.51. The van der Waals surface area contributed by atoms with Crippen LogP contribution in [0.4, 0.5) is 0 Å². The van der Waals surface area contributed by atoms with Gasteiger partial charge in [0.15, 0.2) is 0 Å². The van der Waals surface area contributed by atoms with E-state index in [1.165, 1.54) is 0 Å². The fourth-order valence-electron chi connectivity index (χ4n) is 2.21. The maximum absolute atomic E-state index is 12.0. The summed E-state index contributed by atoms with van der Waals surface area (Å²) in [6.45, 7) is 4.01. The summed E-state index contributed by atoms with van der Waals surface area (Å²) in [6.07, 6.45) is 0.879. The third-order valence-electron chi connectivity index (χ3n) is 3.17. The fourth-order valence-corrected chi connectivity index (χ4v) is 2.21. The van der Waals surface area contributed by atoms with Crippen LogP contribution >= 0.6 is 0 Å². The first-order chi connectivity index (χ1) is 7.97. The molecule has 0 saturated carbocycles. The molecule has 0 aliphatic rings. The fraction of sp³-hybridized carbons (Fsp3) is 0.500. The molecule has 94 valence electrons. The number of nitrogens with zero attached hydrogens (tertiary/aromatic N) is 1. The van der Waals surface area contributed by atoms with Gasteiger partial charge in [0.1, 0.15) is 5.75 Å². The molecule has 3 nitrogen and oxygen atoms in total. The SMILES string of the molecule is CC[C@H](c1cccc(O)c1)[C@@H](C)C(=O)N(C)C. The molecule has 1 N–H and O–H groups in total. The average Bonchev–Trinajstić information content (AvgIpc) is 2.28. The van der Waals surface area contributed by atoms with E-state index in [0.717, 1.165) is 12.0 Å². The molecule has 0 heterocycles. The van der Waals surface area contributed by atoms with Crippen molar-refractivity contribution < 1.29 is 9.90 Å². The highest BCUT2D eigenvalue weighted by Gasteiger charge is 2.25. The third kappa shape index (κ3) is 3.22. The highest BCUT2D eigenvalue weighted by Crippen LogP contribution is 2.30. The summed E-state index contributed by atoms with van der Waals surface area (Å²) in [5.41, 5.74) is 1.02. The molecule has 0 aliphatic carbocycles. The molecule has 0 unspecified atom stereocenters. The maximum Gasteiger partial charge on any atom is 0.225 e. The number of rotatable bonds is 4. The van der Waals surface area contributed by atoms with Crippen molar-refractivity contribution in [3.8, 4) is 5.75 Å². The van der Waals surface area contributed by atoms with Gasteiger partial charge in [-0.2, -0.15) is 0 Å². The summed E-state index contributed by atoms with van der Waals surface area (Å²) in [4.78, 5) is 13.6. The monoisotopic (exact) mass is 235 g/mol. The lowest BCUT2D eigenvalue weighted by Crippen LogP contribution is -2.31. The smallest absolute Gasteiger partial charge is 0.225 e. The van der Waals surface area contributed by atoms with Crippen molar-refractivity contribution in [2.24, 2.45) is 5.92 Å². The number of aromatic hydroxyl groups is 1. The lowest BCUT2D eigenvalue weighted by molar-refractivity contribution is -0.133. The quantitative estimate of drug-likeness (QED) is 0.871. The predicted molar refractivity (Wildman–Crippen MR) is 69.0 cm³/mol. The first kappa shape index (κ1) is 13.6. The van der Waals surface area contributed by atoms with Crippen LogP contribution in [0, 0.1) is 5.92 Å². The van der Waals surface area contributed by atoms with Crippen molar-refractivity contribution in [3.63, 3.8) is 0 Å². The predicted octanol–water partition coefficient (Wildman–Crippen LogP) is 2.61. The number of benzene rings is 1. The van der Waals surface area contributed by atoms with E-state index < -0.39 is 0 Å². The van der Waals surface area contributed by atoms with E-state index in [4.69, 9.17) is 0 Å². The summed E-state index contributed by atoms with van der Waals surface area (Å²) < 4.78 is 0. The van der Waals surface area contributed by atoms with E-state index in [1.807, 2.05) is 19.1 Å². The van der Waals surface area contributed by atoms with Crippen molar-refractivity contribution in [3.05, 3.63) is 29.8 Å². The van der Waals surface area contributed by atoms with Crippen LogP contribution in [0.1, 0.15) is 31.7 Å². The molecule has 1 rings (SSSR count). The van der Waals surface area contributed by atoms with Gasteiger partial charge in [-0.1, -0.05) is 26.0 Å². The molecular weight excluding hydrogens is 214 g/mol. The summed E-state index contributed by atoms with van der Waals surface area (Å²) in [6, 6.07) is 7.18. The number of hydrogen-bond acceptors (Lipinski definition) is 2. The Labute approximate surface area is 103 Å². The van der Waals surface area contributed by atoms with Gasteiger partial charge in [0.25, 0.3) is 0 Å². The highest BCUT2D eigenvalue weighted by molar-refractivity contribution is 5.79. The van der Waals surface area contributed by atoms with Gasteiger partial charge in [0, 0.05) is 20.0 Å². The van der Waals surface area contributed by atoms with Crippen LogP contribution in [0.25, 0.3) is 0 Å². The first-order valence-electron chi connectivity index (χ1n) is 5.97. The maximum atomic E-state index is 12.0. The second kappa shape index (κ2) is 5.71. The van der Waals surface area contributed by atoms with E-state index in [1.54, 1.807) is 31.1 Å². The summed E-state index contributed by atoms with van der Waals surface area (Å²) in [7, 11) is 3.54. The second-order valence-electron chi connectivity index (χ2n) is 4.63. The molecule has 17 heavy (non-hydrogen) atoms. The van der Waals surface area contributed by atoms with E-state index in [0.29, 0.717) is 0 Å². The van der Waals surface area contributed by atoms with Gasteiger partial charge in [-0.25, -0.2) is 0 Å². The Morgan fingerprint density at radius 1 is 1.41 bits per heavy atom. The van der Waals surface area contributed by atoms with E-state index in [2.05, 4.69) is 6.92 Å². The number of carbonyl (C=O) groups is 1. The van der Waals surface area contributed by atoms with Gasteiger partial charge < -0.3 is 10.0 Å². The van der Waals surface area contributed by atoms with Gasteiger partial charge in [-0.15, -0.1) is 0 Å². The number of carbonyl (C=O) groups excluding carboxylic acids is 1. The lowest BCUT2D eigenvalue weighted by atomic mass is 9.84. The highest BCUT2D eigenvalue weighted by atomic mass is 16.3. The molecule has 0 aromatic heterocycles. The van der Waals surface area contributed by atoms with Crippen molar-refractivity contribution >= 4 is 5.91 Å². The standard InChI is InChI=1S/C14H21NO2/c1-5-13(10(2)14(17)15(3)4)11-7-6-8-12(16)9-11/h6-10,13,16H,5H2,1-4H3/t10-,13+/m1/s1. The number of hydrogen-bond donors (Lipinski definition) is 1. The van der Waals surface area contributed by atoms with Gasteiger partial charge in [0.2, 0.25) is 5.91 Å². The van der Waals surface area contributed by atoms with Crippen LogP contribution in [0.2, 0.25) is 0 Å². The molecule has 0 fully saturated rings. The van der Waals surface area contributed by atoms with Gasteiger partial charge in [0.05, 0.1) is 0 Å². The van der Waals surface area contributed by atoms with E-state index in [9.17, 15) is 9.90 Å². The first-order valence-corrected chi connectivity index (χ1v) is 5.97. The van der Waals surface area contributed by atoms with Crippen molar-refractivity contribution in [1.29, 1.82) is 0 Å². The number of amides is 1. The summed E-state index contributed by atoms with van der Waals surface area (Å²) in [5.74, 6) is 0.458. The normalized spacial score (nSPS) is 14.1. The molecule has 1 aromatic carbocycles. The van der Waals surface area contributed by atoms with Crippen molar-refractivity contribution in [1.82, 2.24) is 4.90 Å². The second-order valence-corrected chi connectivity index (χ2v) is 4.63. The molecule has 0 radical (unpaired) electrons. The average molecular weight is 235 g/mol. The molecule has 0 saturated heterocycles. The Morgan fingerprint density at radius 2 is 2.06 bits per heavy atom. The van der Waals surface area contributed by atoms with E-state index >= 15 is 0 Å². The molecule has 3 heteroatoms. The largest absolute Gasteiger partial charge is 0.508 e. The Kier molecular flexibility index (Phi) is 4.55. The van der Waals surface area contributed by atoms with Crippen molar-refractivity contribution in [2.45, 2.75) is 26.2 Å². The third-order valence-corrected chi connectivity index (χ3v) is 3.17. The van der Waals surface area contributed by atoms with Crippen LogP contribution < -0.4 is 0 Å². The topological polar surface area (TPSA) is 40.5 Å². The molecule has 0 aliphatic heterocycles. The number of phenols is 1. The summed E-state index contributed by atoms with van der Waals surface area (Å²) in [5, 5.41) is 9.49. The summed E-state index contributed by atoms with van der Waals surface area (Å²) >= 11 is 0. The lowest BCUT2D eigenvalue weighted by Gasteiger charge is -2.25. The molecule has 2 atom stereocenters. The zero-order chi connectivity index (χ0) is 13.0. The molecule has 0 spiro atoms. The van der Waals surface area contributed by atoms with Crippen LogP contribution in [0.15, 0.2) is 24.3 Å². The molecule has 0 bridgehead atoms. The zero-order valence-electron chi connectivity index (χ0n) is 11.0. The molecule has 1 amide bonds. The van der Waals surface area contributed by atoms with Gasteiger partial charge in [-0.3, -0.25) is 4.79 Å². The van der Waals surface area contributed by atoms with Crippen LogP contribution in [0.3, 0.4) is 0 Å². The molecule has 1 aromatic rings. The Balaban J connectivity index is 2.95. The van der Waals surface area contributed by atoms with Gasteiger partial charge >= 0.3 is 0 Å². The van der Waals surface area contributed by atoms with Crippen LogP contribution in [0.5, 0.6) is 5.75 Å². The van der Waals surface area contributed by atoms with E-state index in [-0.39, 0.29) is 23.5 Å².